The van der Waals surface area contributed by atoms with Crippen LogP contribution in [0.5, 0.6) is 0 Å². The number of hydrogen-bond acceptors (Lipinski definition) is 1. The zero-order valence-corrected chi connectivity index (χ0v) is 12.9. The number of aryl methyl sites for hydroxylation is 1. The minimum atomic E-state index is -0.329. The molecule has 3 aromatic rings. The summed E-state index contributed by atoms with van der Waals surface area (Å²) >= 11 is 3.50. The summed E-state index contributed by atoms with van der Waals surface area (Å²) in [7, 11) is 0. The first-order chi connectivity index (χ1) is 10.1. The van der Waals surface area contributed by atoms with Crippen LogP contribution in [0.25, 0.3) is 10.8 Å². The highest BCUT2D eigenvalue weighted by molar-refractivity contribution is 9.10. The molecule has 0 unspecified atom stereocenters. The zero-order chi connectivity index (χ0) is 15.0. The van der Waals surface area contributed by atoms with Gasteiger partial charge in [-0.25, -0.2) is 4.39 Å². The van der Waals surface area contributed by atoms with Crippen molar-refractivity contribution in [2.45, 2.75) is 6.92 Å². The average molecular weight is 343 g/mol. The monoisotopic (exact) mass is 342 g/mol. The second-order valence-corrected chi connectivity index (χ2v) is 5.78. The SMILES string of the molecule is Cc1cc(F)ccc1C(=O)c1ccc(Br)c2ccccc12. The summed E-state index contributed by atoms with van der Waals surface area (Å²) in [4.78, 5) is 12.8. The van der Waals surface area contributed by atoms with Gasteiger partial charge in [-0.05, 0) is 53.6 Å². The molecule has 0 heterocycles. The molecule has 104 valence electrons. The lowest BCUT2D eigenvalue weighted by Gasteiger charge is -2.09. The van der Waals surface area contributed by atoms with E-state index in [1.54, 1.807) is 19.1 Å². The molecule has 0 saturated carbocycles. The van der Waals surface area contributed by atoms with E-state index in [9.17, 15) is 9.18 Å². The van der Waals surface area contributed by atoms with Crippen molar-refractivity contribution in [2.75, 3.05) is 0 Å². The Hall–Kier alpha value is -2.00. The first-order valence-electron chi connectivity index (χ1n) is 6.56. The molecule has 21 heavy (non-hydrogen) atoms. The van der Waals surface area contributed by atoms with E-state index in [4.69, 9.17) is 0 Å². The molecule has 0 bridgehead atoms. The van der Waals surface area contributed by atoms with Gasteiger partial charge in [0.15, 0.2) is 5.78 Å². The third-order valence-corrected chi connectivity index (χ3v) is 4.24. The van der Waals surface area contributed by atoms with Crippen molar-refractivity contribution in [1.29, 1.82) is 0 Å². The van der Waals surface area contributed by atoms with E-state index in [1.807, 2.05) is 30.3 Å². The van der Waals surface area contributed by atoms with Crippen LogP contribution >= 0.6 is 15.9 Å². The van der Waals surface area contributed by atoms with Crippen LogP contribution in [0.3, 0.4) is 0 Å². The topological polar surface area (TPSA) is 17.1 Å². The normalized spacial score (nSPS) is 10.8. The van der Waals surface area contributed by atoms with Gasteiger partial charge in [0.05, 0.1) is 0 Å². The van der Waals surface area contributed by atoms with Gasteiger partial charge in [-0.1, -0.05) is 40.2 Å². The quantitative estimate of drug-likeness (QED) is 0.579. The number of hydrogen-bond donors (Lipinski definition) is 0. The molecule has 0 amide bonds. The minimum Gasteiger partial charge on any atom is -0.289 e. The van der Waals surface area contributed by atoms with E-state index in [0.29, 0.717) is 16.7 Å². The van der Waals surface area contributed by atoms with Crippen LogP contribution in [-0.4, -0.2) is 5.78 Å². The van der Waals surface area contributed by atoms with Gasteiger partial charge >= 0.3 is 0 Å². The molecule has 0 fully saturated rings. The van der Waals surface area contributed by atoms with Crippen LogP contribution in [0.2, 0.25) is 0 Å². The number of benzene rings is 3. The van der Waals surface area contributed by atoms with Gasteiger partial charge in [-0.2, -0.15) is 0 Å². The molecule has 0 aliphatic heterocycles. The van der Waals surface area contributed by atoms with Gasteiger partial charge in [-0.3, -0.25) is 4.79 Å². The third-order valence-electron chi connectivity index (χ3n) is 3.55. The second-order valence-electron chi connectivity index (χ2n) is 4.93. The molecular formula is C18H12BrFO. The summed E-state index contributed by atoms with van der Waals surface area (Å²) in [5.41, 5.74) is 1.80. The molecule has 0 radical (unpaired) electrons. The molecule has 0 saturated heterocycles. The fourth-order valence-corrected chi connectivity index (χ4v) is 2.97. The lowest BCUT2D eigenvalue weighted by molar-refractivity contribution is 0.103. The highest BCUT2D eigenvalue weighted by atomic mass is 79.9. The first-order valence-corrected chi connectivity index (χ1v) is 7.35. The Morgan fingerprint density at radius 1 is 0.952 bits per heavy atom. The maximum atomic E-state index is 13.2. The molecule has 0 aliphatic carbocycles. The summed E-state index contributed by atoms with van der Waals surface area (Å²) in [6.45, 7) is 1.75. The van der Waals surface area contributed by atoms with Gasteiger partial charge in [0.1, 0.15) is 5.82 Å². The van der Waals surface area contributed by atoms with Gasteiger partial charge < -0.3 is 0 Å². The summed E-state index contributed by atoms with van der Waals surface area (Å²) < 4.78 is 14.2. The third kappa shape index (κ3) is 2.49. The molecule has 3 aromatic carbocycles. The Balaban J connectivity index is 2.21. The van der Waals surface area contributed by atoms with Crippen LogP contribution in [0, 0.1) is 12.7 Å². The predicted octanol–water partition coefficient (Wildman–Crippen LogP) is 5.28. The summed E-state index contributed by atoms with van der Waals surface area (Å²) in [6.07, 6.45) is 0. The number of carbonyl (C=O) groups excluding carboxylic acids is 1. The van der Waals surface area contributed by atoms with Crippen molar-refractivity contribution in [2.24, 2.45) is 0 Å². The van der Waals surface area contributed by atoms with Crippen LogP contribution in [0.1, 0.15) is 21.5 Å². The largest absolute Gasteiger partial charge is 0.289 e. The Morgan fingerprint density at radius 3 is 2.33 bits per heavy atom. The number of carbonyl (C=O) groups is 1. The smallest absolute Gasteiger partial charge is 0.193 e. The maximum Gasteiger partial charge on any atom is 0.193 e. The highest BCUT2D eigenvalue weighted by Gasteiger charge is 2.15. The van der Waals surface area contributed by atoms with Crippen molar-refractivity contribution >= 4 is 32.5 Å². The lowest BCUT2D eigenvalue weighted by atomic mass is 9.95. The van der Waals surface area contributed by atoms with Crippen LogP contribution < -0.4 is 0 Å². The molecule has 1 nitrogen and oxygen atoms in total. The molecule has 0 aromatic heterocycles. The van der Waals surface area contributed by atoms with Crippen molar-refractivity contribution in [3.8, 4) is 0 Å². The zero-order valence-electron chi connectivity index (χ0n) is 11.4. The average Bonchev–Trinajstić information content (AvgIpc) is 2.47. The number of rotatable bonds is 2. The van der Waals surface area contributed by atoms with Crippen LogP contribution in [0.15, 0.2) is 59.1 Å². The second kappa shape index (κ2) is 5.41. The number of halogens is 2. The Bertz CT molecular complexity index is 855. The summed E-state index contributed by atoms with van der Waals surface area (Å²) in [6, 6.07) is 15.7. The summed E-state index contributed by atoms with van der Waals surface area (Å²) in [5.74, 6) is -0.416. The molecular weight excluding hydrogens is 331 g/mol. The van der Waals surface area contributed by atoms with E-state index < -0.39 is 0 Å². The molecule has 3 heteroatoms. The fraction of sp³-hybridized carbons (Fsp3) is 0.0556. The number of ketones is 1. The summed E-state index contributed by atoms with van der Waals surface area (Å²) in [5, 5.41) is 1.88. The van der Waals surface area contributed by atoms with Crippen molar-refractivity contribution in [3.63, 3.8) is 0 Å². The van der Waals surface area contributed by atoms with E-state index >= 15 is 0 Å². The molecule has 0 spiro atoms. The van der Waals surface area contributed by atoms with E-state index in [-0.39, 0.29) is 11.6 Å². The van der Waals surface area contributed by atoms with Crippen LogP contribution in [0.4, 0.5) is 4.39 Å². The van der Waals surface area contributed by atoms with Crippen molar-refractivity contribution in [1.82, 2.24) is 0 Å². The highest BCUT2D eigenvalue weighted by Crippen LogP contribution is 2.28. The van der Waals surface area contributed by atoms with Gasteiger partial charge in [0.25, 0.3) is 0 Å². The maximum absolute atomic E-state index is 13.2. The molecule has 0 atom stereocenters. The predicted molar refractivity (Wildman–Crippen MR) is 86.2 cm³/mol. The van der Waals surface area contributed by atoms with Gasteiger partial charge in [-0.15, -0.1) is 0 Å². The Kier molecular flexibility index (Phi) is 3.60. The van der Waals surface area contributed by atoms with Gasteiger partial charge in [0.2, 0.25) is 0 Å². The van der Waals surface area contributed by atoms with Gasteiger partial charge in [0, 0.05) is 15.6 Å². The Morgan fingerprint density at radius 2 is 1.62 bits per heavy atom. The number of fused-ring (bicyclic) bond motifs is 1. The molecule has 3 rings (SSSR count). The molecule has 0 aliphatic rings. The van der Waals surface area contributed by atoms with Crippen molar-refractivity contribution < 1.29 is 9.18 Å². The fourth-order valence-electron chi connectivity index (χ4n) is 2.49. The van der Waals surface area contributed by atoms with E-state index in [2.05, 4.69) is 15.9 Å². The molecule has 0 N–H and O–H groups in total. The minimum absolute atomic E-state index is 0.0869. The standard InChI is InChI=1S/C18H12BrFO/c1-11-10-12(20)6-7-13(11)18(21)16-8-9-17(19)15-5-3-2-4-14(15)16/h2-10H,1H3. The van der Waals surface area contributed by atoms with E-state index in [0.717, 1.165) is 15.2 Å². The first kappa shape index (κ1) is 14.0. The lowest BCUT2D eigenvalue weighted by Crippen LogP contribution is -2.05. The van der Waals surface area contributed by atoms with Crippen LogP contribution in [-0.2, 0) is 0 Å². The Labute approximate surface area is 130 Å². The van der Waals surface area contributed by atoms with Crippen molar-refractivity contribution in [3.05, 3.63) is 81.6 Å². The van der Waals surface area contributed by atoms with E-state index in [1.165, 1.54) is 12.1 Å².